The van der Waals surface area contributed by atoms with Gasteiger partial charge in [0, 0.05) is 10.6 Å². The predicted molar refractivity (Wildman–Crippen MR) is 63.9 cm³/mol. The fourth-order valence-corrected chi connectivity index (χ4v) is 2.28. The monoisotopic (exact) mass is 342 g/mol. The van der Waals surface area contributed by atoms with E-state index in [-0.39, 0.29) is 0 Å². The van der Waals surface area contributed by atoms with Crippen molar-refractivity contribution in [2.24, 2.45) is 0 Å². The summed E-state index contributed by atoms with van der Waals surface area (Å²) in [5, 5.41) is 0. The maximum absolute atomic E-state index is 3.50. The molecule has 1 rings (SSSR count). The van der Waals surface area contributed by atoms with E-state index in [1.54, 1.807) is 0 Å². The molecule has 0 saturated carbocycles. The molecule has 1 atom stereocenters. The van der Waals surface area contributed by atoms with Crippen LogP contribution in [0.2, 0.25) is 0 Å². The lowest BCUT2D eigenvalue weighted by Crippen LogP contribution is -1.87. The smallest absolute Gasteiger partial charge is 0.0755 e. The average molecular weight is 343 g/mol. The van der Waals surface area contributed by atoms with Crippen molar-refractivity contribution in [1.82, 2.24) is 0 Å². The molecule has 0 aliphatic rings. The minimum Gasteiger partial charge on any atom is -0.124 e. The Hall–Kier alpha value is 0.780. The first-order valence-corrected chi connectivity index (χ1v) is 6.40. The molecule has 0 amide bonds. The first-order chi connectivity index (χ1) is 5.29. The lowest BCUT2D eigenvalue weighted by Gasteiger charge is -2.00. The van der Waals surface area contributed by atoms with E-state index in [0.717, 1.165) is 5.75 Å². The Morgan fingerprint density at radius 3 is 2.55 bits per heavy atom. The fraction of sp³-hybridized carbons (Fsp3) is 0.250. The molecule has 1 unspecified atom stereocenters. The Kier molecular flexibility index (Phi) is 4.87. The van der Waals surface area contributed by atoms with Gasteiger partial charge in [-0.2, -0.15) is 0 Å². The summed E-state index contributed by atoms with van der Waals surface area (Å²) in [6.07, 6.45) is 0. The molecule has 1 aromatic rings. The van der Waals surface area contributed by atoms with Gasteiger partial charge in [0.15, 0.2) is 0 Å². The first kappa shape index (κ1) is 9.86. The standard InChI is InChI=1S/C8H8BrIS/c9-8(10)6-11-7-4-2-1-3-5-7/h1-5,8H,6H2. The number of hydrogen-bond acceptors (Lipinski definition) is 1. The molecule has 3 heteroatoms. The topological polar surface area (TPSA) is 0 Å². The van der Waals surface area contributed by atoms with Crippen LogP contribution in [-0.4, -0.2) is 8.59 Å². The van der Waals surface area contributed by atoms with Crippen LogP contribution >= 0.6 is 50.3 Å². The fourth-order valence-electron chi connectivity index (χ4n) is 0.676. The van der Waals surface area contributed by atoms with Gasteiger partial charge in [0.2, 0.25) is 0 Å². The van der Waals surface area contributed by atoms with Gasteiger partial charge >= 0.3 is 0 Å². The molecule has 0 fully saturated rings. The quantitative estimate of drug-likeness (QED) is 0.455. The zero-order chi connectivity index (χ0) is 8.10. The summed E-state index contributed by atoms with van der Waals surface area (Å²) in [6.45, 7) is 0. The summed E-state index contributed by atoms with van der Waals surface area (Å²) in [5.41, 5.74) is 0. The second-order valence-electron chi connectivity index (χ2n) is 2.02. The van der Waals surface area contributed by atoms with Crippen LogP contribution in [0.25, 0.3) is 0 Å². The molecule has 1 aromatic carbocycles. The van der Waals surface area contributed by atoms with Gasteiger partial charge in [0.25, 0.3) is 0 Å². The van der Waals surface area contributed by atoms with Gasteiger partial charge < -0.3 is 0 Å². The van der Waals surface area contributed by atoms with Crippen molar-refractivity contribution in [3.8, 4) is 0 Å². The molecule has 0 nitrogen and oxygen atoms in total. The van der Waals surface area contributed by atoms with Crippen molar-refractivity contribution in [2.75, 3.05) is 5.75 Å². The molecular formula is C8H8BrIS. The number of rotatable bonds is 3. The molecule has 0 aromatic heterocycles. The zero-order valence-corrected chi connectivity index (χ0v) is 10.4. The van der Waals surface area contributed by atoms with Crippen LogP contribution in [0.15, 0.2) is 35.2 Å². The summed E-state index contributed by atoms with van der Waals surface area (Å²) >= 11 is 7.74. The van der Waals surface area contributed by atoms with Gasteiger partial charge in [-0.05, 0) is 12.1 Å². The predicted octanol–water partition coefficient (Wildman–Crippen LogP) is 3.93. The first-order valence-electron chi connectivity index (χ1n) is 3.25. The third kappa shape index (κ3) is 4.38. The molecule has 60 valence electrons. The molecule has 11 heavy (non-hydrogen) atoms. The maximum Gasteiger partial charge on any atom is 0.0755 e. The molecule has 0 aliphatic heterocycles. The van der Waals surface area contributed by atoms with Crippen LogP contribution in [0, 0.1) is 0 Å². The Balaban J connectivity index is 2.39. The minimum atomic E-state index is 0.560. The highest BCUT2D eigenvalue weighted by molar-refractivity contribution is 14.1. The van der Waals surface area contributed by atoms with Crippen molar-refractivity contribution >= 4 is 50.3 Å². The Bertz CT molecular complexity index is 201. The van der Waals surface area contributed by atoms with Crippen molar-refractivity contribution in [1.29, 1.82) is 0 Å². The van der Waals surface area contributed by atoms with Crippen molar-refractivity contribution in [2.45, 2.75) is 7.73 Å². The highest BCUT2D eigenvalue weighted by Gasteiger charge is 1.97. The van der Waals surface area contributed by atoms with Gasteiger partial charge in [-0.1, -0.05) is 56.7 Å². The molecule has 0 heterocycles. The van der Waals surface area contributed by atoms with Crippen LogP contribution in [0.1, 0.15) is 0 Å². The third-order valence-corrected chi connectivity index (χ3v) is 4.02. The second-order valence-corrected chi connectivity index (χ2v) is 7.43. The van der Waals surface area contributed by atoms with Gasteiger partial charge in [-0.15, -0.1) is 11.8 Å². The van der Waals surface area contributed by atoms with Gasteiger partial charge in [-0.25, -0.2) is 0 Å². The van der Waals surface area contributed by atoms with E-state index >= 15 is 0 Å². The Morgan fingerprint density at radius 2 is 2.00 bits per heavy atom. The highest BCUT2D eigenvalue weighted by atomic mass is 127. The summed E-state index contributed by atoms with van der Waals surface area (Å²) in [5.74, 6) is 1.12. The summed E-state index contributed by atoms with van der Waals surface area (Å²) in [4.78, 5) is 1.34. The van der Waals surface area contributed by atoms with Crippen molar-refractivity contribution in [3.05, 3.63) is 30.3 Å². The second kappa shape index (κ2) is 5.43. The van der Waals surface area contributed by atoms with E-state index in [1.807, 2.05) is 17.8 Å². The lowest BCUT2D eigenvalue weighted by molar-refractivity contribution is 1.43. The molecular weight excluding hydrogens is 335 g/mol. The third-order valence-electron chi connectivity index (χ3n) is 1.12. The van der Waals surface area contributed by atoms with E-state index in [2.05, 4.69) is 62.8 Å². The average Bonchev–Trinajstić information content (AvgIpc) is 2.03. The molecule has 0 bridgehead atoms. The number of benzene rings is 1. The largest absolute Gasteiger partial charge is 0.124 e. The van der Waals surface area contributed by atoms with Crippen LogP contribution in [-0.2, 0) is 0 Å². The van der Waals surface area contributed by atoms with E-state index in [4.69, 9.17) is 0 Å². The van der Waals surface area contributed by atoms with E-state index in [1.165, 1.54) is 4.90 Å². The zero-order valence-electron chi connectivity index (χ0n) is 5.84. The molecule has 0 radical (unpaired) electrons. The minimum absolute atomic E-state index is 0.560. The summed E-state index contributed by atoms with van der Waals surface area (Å²) in [7, 11) is 0. The summed E-state index contributed by atoms with van der Waals surface area (Å²) < 4.78 is 0.560. The van der Waals surface area contributed by atoms with Crippen molar-refractivity contribution < 1.29 is 0 Å². The highest BCUT2D eigenvalue weighted by Crippen LogP contribution is 2.23. The number of thioether (sulfide) groups is 1. The van der Waals surface area contributed by atoms with E-state index in [0.29, 0.717) is 2.83 Å². The number of hydrogen-bond donors (Lipinski definition) is 0. The Labute approximate surface area is 93.4 Å². The maximum atomic E-state index is 3.50. The lowest BCUT2D eigenvalue weighted by atomic mass is 10.4. The summed E-state index contributed by atoms with van der Waals surface area (Å²) in [6, 6.07) is 10.4. The molecule has 0 aliphatic carbocycles. The molecule has 0 spiro atoms. The number of halogens is 2. The van der Waals surface area contributed by atoms with E-state index < -0.39 is 0 Å². The van der Waals surface area contributed by atoms with Crippen LogP contribution in [0.5, 0.6) is 0 Å². The Morgan fingerprint density at radius 1 is 1.36 bits per heavy atom. The van der Waals surface area contributed by atoms with Gasteiger partial charge in [0.1, 0.15) is 0 Å². The SMILES string of the molecule is BrC(I)CSc1ccccc1. The van der Waals surface area contributed by atoms with Crippen LogP contribution < -0.4 is 0 Å². The van der Waals surface area contributed by atoms with Gasteiger partial charge in [0.05, 0.1) is 2.83 Å². The number of alkyl halides is 2. The van der Waals surface area contributed by atoms with Crippen LogP contribution in [0.4, 0.5) is 0 Å². The van der Waals surface area contributed by atoms with Gasteiger partial charge in [-0.3, -0.25) is 0 Å². The van der Waals surface area contributed by atoms with Crippen molar-refractivity contribution in [3.63, 3.8) is 0 Å². The van der Waals surface area contributed by atoms with Crippen LogP contribution in [0.3, 0.4) is 0 Å². The normalized spacial score (nSPS) is 12.9. The van der Waals surface area contributed by atoms with E-state index in [9.17, 15) is 0 Å². The molecule has 0 N–H and O–H groups in total. The molecule has 0 saturated heterocycles.